The van der Waals surface area contributed by atoms with E-state index in [0.717, 1.165) is 50.8 Å². The zero-order valence-corrected chi connectivity index (χ0v) is 24.3. The number of hydrogen-bond acceptors (Lipinski definition) is 0. The number of rotatable bonds is 1. The van der Waals surface area contributed by atoms with E-state index in [9.17, 15) is 0 Å². The Bertz CT molecular complexity index is 2000. The van der Waals surface area contributed by atoms with E-state index in [1.807, 2.05) is 0 Å². The van der Waals surface area contributed by atoms with Gasteiger partial charge in [0.25, 0.3) is 0 Å². The molecule has 6 aromatic rings. The van der Waals surface area contributed by atoms with Gasteiger partial charge in [0.15, 0.2) is 18.6 Å². The first-order valence-electron chi connectivity index (χ1n) is 14.6. The lowest BCUT2D eigenvalue weighted by molar-refractivity contribution is -0.591. The van der Waals surface area contributed by atoms with Crippen LogP contribution in [0.3, 0.4) is 0 Å². The second kappa shape index (κ2) is 10.4. The van der Waals surface area contributed by atoms with Crippen LogP contribution in [0.1, 0.15) is 36.5 Å². The van der Waals surface area contributed by atoms with Crippen molar-refractivity contribution in [2.24, 2.45) is 0 Å². The predicted molar refractivity (Wildman–Crippen MR) is 169 cm³/mol. The van der Waals surface area contributed by atoms with Gasteiger partial charge < -0.3 is 0 Å². The molecule has 0 unspecified atom stereocenters. The first-order chi connectivity index (χ1) is 20.5. The number of hydrogen-bond donors (Lipinski definition) is 0. The van der Waals surface area contributed by atoms with Gasteiger partial charge in [0, 0.05) is 48.5 Å². The van der Waals surface area contributed by atoms with E-state index >= 15 is 0 Å². The minimum absolute atomic E-state index is 0.400. The fourth-order valence-corrected chi connectivity index (χ4v) is 6.12. The van der Waals surface area contributed by atoms with Gasteiger partial charge in [-0.15, -0.1) is 0 Å². The molecule has 202 valence electrons. The molecule has 3 heteroatoms. The lowest BCUT2D eigenvalue weighted by atomic mass is 9.98. The smallest absolute Gasteiger partial charge is 0.160 e. The fraction of sp³-hybridized carbons (Fsp3) is 0.103. The number of para-hydroxylation sites is 1. The summed E-state index contributed by atoms with van der Waals surface area (Å²) in [6, 6.07) is 41.5. The van der Waals surface area contributed by atoms with Crippen LogP contribution in [0.25, 0.3) is 50.8 Å². The Balaban J connectivity index is 1.69. The minimum atomic E-state index is 0.400. The standard InChI is InChI=1S/C39H34N3/c1-27(2)30-21-24-42-38-20-19-28(3)25-34(38)37-18-9-11-22-40(37)29(4)31-13-5-6-14-32(31)35-17-10-12-23-41(35)36-16-8-7-15-33(36)39(42)26-30/h5-27H,4H2,1-3H3/q+3. The van der Waals surface area contributed by atoms with Crippen molar-refractivity contribution in [3.8, 4) is 45.1 Å². The van der Waals surface area contributed by atoms with Crippen molar-refractivity contribution < 1.29 is 13.7 Å². The van der Waals surface area contributed by atoms with E-state index in [1.165, 1.54) is 16.7 Å². The molecule has 0 fully saturated rings. The molecule has 3 aromatic carbocycles. The first-order valence-corrected chi connectivity index (χ1v) is 14.6. The van der Waals surface area contributed by atoms with Crippen LogP contribution < -0.4 is 13.7 Å². The summed E-state index contributed by atoms with van der Waals surface area (Å²) in [5, 5.41) is 0. The number of pyridine rings is 3. The quantitative estimate of drug-likeness (QED) is 0.187. The van der Waals surface area contributed by atoms with E-state index in [1.54, 1.807) is 0 Å². The molecular weight excluding hydrogens is 510 g/mol. The van der Waals surface area contributed by atoms with Crippen molar-refractivity contribution in [3.05, 3.63) is 157 Å². The van der Waals surface area contributed by atoms with Crippen LogP contribution in [0.2, 0.25) is 0 Å². The Kier molecular flexibility index (Phi) is 6.36. The van der Waals surface area contributed by atoms with Crippen molar-refractivity contribution >= 4 is 5.70 Å². The fourth-order valence-electron chi connectivity index (χ4n) is 6.12. The van der Waals surface area contributed by atoms with Crippen molar-refractivity contribution in [3.63, 3.8) is 0 Å². The molecule has 3 aromatic heterocycles. The van der Waals surface area contributed by atoms with Crippen LogP contribution in [0, 0.1) is 6.92 Å². The maximum Gasteiger partial charge on any atom is 0.225 e. The molecule has 0 atom stereocenters. The molecule has 0 spiro atoms. The Labute approximate surface area is 247 Å². The normalized spacial score (nSPS) is 12.0. The number of aromatic nitrogens is 3. The monoisotopic (exact) mass is 544 g/mol. The summed E-state index contributed by atoms with van der Waals surface area (Å²) in [5.41, 5.74) is 13.6. The maximum atomic E-state index is 4.68. The number of aryl methyl sites for hydroxylation is 1. The SMILES string of the molecule is C=C1c2ccccc2-c2cccc[n+]2-c2ccccc2-c2cc(C(C)C)cc[n+]2-c2ccc(C)cc2-c2cccc[n+]21. The third-order valence-corrected chi connectivity index (χ3v) is 8.30. The van der Waals surface area contributed by atoms with Crippen LogP contribution in [0.4, 0.5) is 0 Å². The summed E-state index contributed by atoms with van der Waals surface area (Å²) in [5.74, 6) is 0.400. The highest BCUT2D eigenvalue weighted by Crippen LogP contribution is 2.33. The lowest BCUT2D eigenvalue weighted by Gasteiger charge is -2.12. The molecule has 0 amide bonds. The summed E-state index contributed by atoms with van der Waals surface area (Å²) in [6.45, 7) is 11.4. The maximum absolute atomic E-state index is 4.68. The highest BCUT2D eigenvalue weighted by atomic mass is 15.0. The zero-order valence-electron chi connectivity index (χ0n) is 24.3. The van der Waals surface area contributed by atoms with Gasteiger partial charge in [-0.2, -0.15) is 13.7 Å². The van der Waals surface area contributed by atoms with Crippen molar-refractivity contribution in [2.45, 2.75) is 26.7 Å². The third-order valence-electron chi connectivity index (χ3n) is 8.30. The average Bonchev–Trinajstić information content (AvgIpc) is 3.04. The minimum Gasteiger partial charge on any atom is -0.160 e. The predicted octanol–water partition coefficient (Wildman–Crippen LogP) is 7.79. The van der Waals surface area contributed by atoms with E-state index in [-0.39, 0.29) is 0 Å². The van der Waals surface area contributed by atoms with Crippen LogP contribution in [0.15, 0.2) is 140 Å². The van der Waals surface area contributed by atoms with Gasteiger partial charge in [-0.25, -0.2) is 0 Å². The van der Waals surface area contributed by atoms with Gasteiger partial charge in [0.05, 0.1) is 11.1 Å². The summed E-state index contributed by atoms with van der Waals surface area (Å²) >= 11 is 0. The summed E-state index contributed by atoms with van der Waals surface area (Å²) < 4.78 is 6.91. The molecule has 0 bridgehead atoms. The van der Waals surface area contributed by atoms with Crippen LogP contribution in [0.5, 0.6) is 0 Å². The zero-order chi connectivity index (χ0) is 28.8. The van der Waals surface area contributed by atoms with Gasteiger partial charge in [-0.1, -0.05) is 44.2 Å². The van der Waals surface area contributed by atoms with Gasteiger partial charge in [0.2, 0.25) is 34.2 Å². The van der Waals surface area contributed by atoms with Crippen molar-refractivity contribution in [2.75, 3.05) is 0 Å². The molecule has 0 radical (unpaired) electrons. The number of fused-ring (bicyclic) bond motifs is 11. The van der Waals surface area contributed by atoms with Crippen LogP contribution >= 0.6 is 0 Å². The molecule has 1 aliphatic heterocycles. The summed E-state index contributed by atoms with van der Waals surface area (Å²) in [6.07, 6.45) is 6.53. The summed E-state index contributed by atoms with van der Waals surface area (Å²) in [4.78, 5) is 0. The second-order valence-electron chi connectivity index (χ2n) is 11.3. The highest BCUT2D eigenvalue weighted by Gasteiger charge is 2.32. The number of nitrogens with zero attached hydrogens (tertiary/aromatic N) is 3. The first kappa shape index (κ1) is 25.8. The Morgan fingerprint density at radius 2 is 1.10 bits per heavy atom. The number of benzene rings is 3. The van der Waals surface area contributed by atoms with Crippen molar-refractivity contribution in [1.29, 1.82) is 0 Å². The molecule has 4 heterocycles. The lowest BCUT2D eigenvalue weighted by Crippen LogP contribution is -2.38. The Hall–Kier alpha value is -5.15. The Morgan fingerprint density at radius 3 is 1.86 bits per heavy atom. The molecule has 1 aliphatic rings. The van der Waals surface area contributed by atoms with E-state index < -0.39 is 0 Å². The van der Waals surface area contributed by atoms with Gasteiger partial charge in [-0.3, -0.25) is 0 Å². The van der Waals surface area contributed by atoms with Crippen molar-refractivity contribution in [1.82, 2.24) is 0 Å². The van der Waals surface area contributed by atoms with Crippen LogP contribution in [-0.4, -0.2) is 0 Å². The van der Waals surface area contributed by atoms with Gasteiger partial charge >= 0.3 is 0 Å². The van der Waals surface area contributed by atoms with Crippen LogP contribution in [-0.2, 0) is 0 Å². The molecular formula is C39H34N3+3. The molecule has 42 heavy (non-hydrogen) atoms. The van der Waals surface area contributed by atoms with E-state index in [2.05, 4.69) is 175 Å². The Morgan fingerprint density at radius 1 is 0.500 bits per heavy atom. The molecule has 3 nitrogen and oxygen atoms in total. The molecule has 0 aliphatic carbocycles. The van der Waals surface area contributed by atoms with E-state index in [0.29, 0.717) is 5.92 Å². The van der Waals surface area contributed by atoms with Gasteiger partial charge in [0.1, 0.15) is 11.1 Å². The van der Waals surface area contributed by atoms with E-state index in [4.69, 9.17) is 0 Å². The average molecular weight is 545 g/mol. The topological polar surface area (TPSA) is 11.6 Å². The van der Waals surface area contributed by atoms with Gasteiger partial charge in [-0.05, 0) is 66.9 Å². The largest absolute Gasteiger partial charge is 0.225 e. The summed E-state index contributed by atoms with van der Waals surface area (Å²) in [7, 11) is 0. The molecule has 0 N–H and O–H groups in total. The molecule has 7 rings (SSSR count). The second-order valence-corrected chi connectivity index (χ2v) is 11.3. The molecule has 0 saturated carbocycles. The highest BCUT2D eigenvalue weighted by molar-refractivity contribution is 5.77. The molecule has 0 saturated heterocycles. The third kappa shape index (κ3) is 4.26.